The molecule has 1 aliphatic rings. The number of hydrogen-bond acceptors (Lipinski definition) is 10. The van der Waals surface area contributed by atoms with Crippen LogP contribution in [0.15, 0.2) is 0 Å². The van der Waals surface area contributed by atoms with Crippen LogP contribution in [0.2, 0.25) is 0 Å². The summed E-state index contributed by atoms with van der Waals surface area (Å²) in [7, 11) is 0. The number of aliphatic hydroxyl groups is 8. The molecule has 1 fully saturated rings. The first-order chi connectivity index (χ1) is 11.9. The Morgan fingerprint density at radius 1 is 0.923 bits per heavy atom. The van der Waals surface area contributed by atoms with Gasteiger partial charge >= 0.3 is 0 Å². The lowest BCUT2D eigenvalue weighted by Gasteiger charge is -2.42. The lowest BCUT2D eigenvalue weighted by molar-refractivity contribution is -0.322. The Kier molecular flexibility index (Phi) is 8.81. The second-order valence-electron chi connectivity index (χ2n) is 7.87. The van der Waals surface area contributed by atoms with Gasteiger partial charge in [0.05, 0.1) is 19.3 Å². The van der Waals surface area contributed by atoms with Gasteiger partial charge in [-0.05, 0) is 11.8 Å². The minimum Gasteiger partial charge on any atom is -0.394 e. The summed E-state index contributed by atoms with van der Waals surface area (Å²) in [5.74, 6) is 0. The number of hydrogen-bond donors (Lipinski definition) is 8. The molecule has 1 heterocycles. The standard InChI is InChI=1S/C16H32O10/c1-16(2,3)4-8(11(21)10(20)7(19)5-17)25-15-14(24)13(23)12(22)9(6-18)26-15/h7-15,17-24H,4-6H2,1-3H3/t7-,8-,9-,10-,11-,12-,13+,14+,15+/m1/s1. The van der Waals surface area contributed by atoms with Crippen molar-refractivity contribution in [2.45, 2.75) is 82.3 Å². The van der Waals surface area contributed by atoms with E-state index >= 15 is 0 Å². The Bertz CT molecular complexity index is 412. The van der Waals surface area contributed by atoms with E-state index in [9.17, 15) is 35.7 Å². The molecule has 0 bridgehead atoms. The fourth-order valence-electron chi connectivity index (χ4n) is 2.76. The van der Waals surface area contributed by atoms with Gasteiger partial charge in [-0.2, -0.15) is 0 Å². The van der Waals surface area contributed by atoms with Gasteiger partial charge in [-0.3, -0.25) is 0 Å². The van der Waals surface area contributed by atoms with E-state index in [1.807, 2.05) is 20.8 Å². The molecule has 0 unspecified atom stereocenters. The smallest absolute Gasteiger partial charge is 0.187 e. The SMILES string of the molecule is CC(C)(C)C[C@@H](O[C@H]1O[C@H](CO)[C@@H](O)[C@H](O)[C@@H]1O)[C@@H](O)[C@H](O)[C@H](O)CO. The minimum atomic E-state index is -1.72. The molecule has 1 rings (SSSR count). The first-order valence-corrected chi connectivity index (χ1v) is 8.54. The van der Waals surface area contributed by atoms with Crippen LogP contribution in [0, 0.1) is 5.41 Å². The minimum absolute atomic E-state index is 0.165. The van der Waals surface area contributed by atoms with Crippen LogP contribution in [0.3, 0.4) is 0 Å². The summed E-state index contributed by atoms with van der Waals surface area (Å²) in [4.78, 5) is 0. The van der Waals surface area contributed by atoms with E-state index in [4.69, 9.17) is 14.6 Å². The predicted molar refractivity (Wildman–Crippen MR) is 87.8 cm³/mol. The molecule has 0 saturated carbocycles. The maximum Gasteiger partial charge on any atom is 0.187 e. The summed E-state index contributed by atoms with van der Waals surface area (Å²) in [6.45, 7) is 4.08. The number of rotatable bonds is 8. The molecule has 10 nitrogen and oxygen atoms in total. The van der Waals surface area contributed by atoms with Crippen LogP contribution in [0.5, 0.6) is 0 Å². The monoisotopic (exact) mass is 384 g/mol. The maximum absolute atomic E-state index is 10.4. The Morgan fingerprint density at radius 3 is 1.96 bits per heavy atom. The van der Waals surface area contributed by atoms with Crippen LogP contribution in [0.4, 0.5) is 0 Å². The largest absolute Gasteiger partial charge is 0.394 e. The molecule has 9 atom stereocenters. The maximum atomic E-state index is 10.4. The highest BCUT2D eigenvalue weighted by molar-refractivity contribution is 4.91. The Morgan fingerprint density at radius 2 is 1.50 bits per heavy atom. The van der Waals surface area contributed by atoms with Gasteiger partial charge in [-0.25, -0.2) is 0 Å². The van der Waals surface area contributed by atoms with Crippen LogP contribution in [0.25, 0.3) is 0 Å². The summed E-state index contributed by atoms with van der Waals surface area (Å²) in [5, 5.41) is 77.7. The topological polar surface area (TPSA) is 180 Å². The van der Waals surface area contributed by atoms with Crippen molar-refractivity contribution in [1.29, 1.82) is 0 Å². The zero-order chi connectivity index (χ0) is 20.2. The third kappa shape index (κ3) is 6.06. The lowest BCUT2D eigenvalue weighted by Crippen LogP contribution is -2.60. The van der Waals surface area contributed by atoms with Crippen LogP contribution in [-0.2, 0) is 9.47 Å². The van der Waals surface area contributed by atoms with Crippen LogP contribution in [0.1, 0.15) is 27.2 Å². The second kappa shape index (κ2) is 9.69. The molecular formula is C16H32O10. The normalized spacial score (nSPS) is 35.0. The zero-order valence-electron chi connectivity index (χ0n) is 15.2. The average Bonchev–Trinajstić information content (AvgIpc) is 2.58. The molecule has 0 aromatic heterocycles. The second-order valence-corrected chi connectivity index (χ2v) is 7.87. The molecule has 0 aromatic carbocycles. The fraction of sp³-hybridized carbons (Fsp3) is 1.00. The van der Waals surface area contributed by atoms with Crippen molar-refractivity contribution in [3.05, 3.63) is 0 Å². The van der Waals surface area contributed by atoms with Crippen LogP contribution in [-0.4, -0.2) is 109 Å². The van der Waals surface area contributed by atoms with Gasteiger partial charge < -0.3 is 50.3 Å². The average molecular weight is 384 g/mol. The molecule has 0 aliphatic carbocycles. The zero-order valence-corrected chi connectivity index (χ0v) is 15.2. The van der Waals surface area contributed by atoms with E-state index in [-0.39, 0.29) is 6.42 Å². The summed E-state index contributed by atoms with van der Waals surface area (Å²) >= 11 is 0. The highest BCUT2D eigenvalue weighted by atomic mass is 16.7. The highest BCUT2D eigenvalue weighted by Gasteiger charge is 2.46. The van der Waals surface area contributed by atoms with Gasteiger partial charge in [0, 0.05) is 0 Å². The molecule has 0 amide bonds. The van der Waals surface area contributed by atoms with Crippen molar-refractivity contribution in [3.63, 3.8) is 0 Å². The Balaban J connectivity index is 2.97. The third-order valence-electron chi connectivity index (χ3n) is 4.28. The molecule has 156 valence electrons. The van der Waals surface area contributed by atoms with E-state index in [1.54, 1.807) is 0 Å². The molecule has 10 heteroatoms. The molecule has 26 heavy (non-hydrogen) atoms. The van der Waals surface area contributed by atoms with Gasteiger partial charge in [-0.15, -0.1) is 0 Å². The van der Waals surface area contributed by atoms with Crippen molar-refractivity contribution in [3.8, 4) is 0 Å². The van der Waals surface area contributed by atoms with Crippen molar-refractivity contribution < 1.29 is 50.3 Å². The molecular weight excluding hydrogens is 352 g/mol. The van der Waals surface area contributed by atoms with E-state index < -0.39 is 73.8 Å². The number of aliphatic hydroxyl groups excluding tert-OH is 8. The van der Waals surface area contributed by atoms with Crippen molar-refractivity contribution in [2.75, 3.05) is 13.2 Å². The molecule has 0 radical (unpaired) electrons. The summed E-state index contributed by atoms with van der Waals surface area (Å²) < 4.78 is 10.8. The molecule has 1 aliphatic heterocycles. The summed E-state index contributed by atoms with van der Waals surface area (Å²) in [6, 6.07) is 0. The Labute approximate surface area is 152 Å². The molecule has 0 aromatic rings. The van der Waals surface area contributed by atoms with Gasteiger partial charge in [0.1, 0.15) is 42.7 Å². The lowest BCUT2D eigenvalue weighted by atomic mass is 9.85. The van der Waals surface area contributed by atoms with E-state index in [1.165, 1.54) is 0 Å². The van der Waals surface area contributed by atoms with Gasteiger partial charge in [0.25, 0.3) is 0 Å². The molecule has 0 spiro atoms. The quantitative estimate of drug-likeness (QED) is 0.211. The first-order valence-electron chi connectivity index (χ1n) is 8.54. The summed E-state index contributed by atoms with van der Waals surface area (Å²) in [6.07, 6.45) is -13.5. The molecule has 1 saturated heterocycles. The third-order valence-corrected chi connectivity index (χ3v) is 4.28. The summed E-state index contributed by atoms with van der Waals surface area (Å²) in [5.41, 5.74) is -0.399. The van der Waals surface area contributed by atoms with E-state index in [0.29, 0.717) is 0 Å². The van der Waals surface area contributed by atoms with Crippen molar-refractivity contribution >= 4 is 0 Å². The van der Waals surface area contributed by atoms with E-state index in [0.717, 1.165) is 0 Å². The van der Waals surface area contributed by atoms with Crippen molar-refractivity contribution in [2.24, 2.45) is 5.41 Å². The Hall–Kier alpha value is -0.400. The van der Waals surface area contributed by atoms with Gasteiger partial charge in [0.2, 0.25) is 0 Å². The molecule has 8 N–H and O–H groups in total. The predicted octanol–water partition coefficient (Wildman–Crippen LogP) is -3.32. The van der Waals surface area contributed by atoms with Gasteiger partial charge in [-0.1, -0.05) is 20.8 Å². The fourth-order valence-corrected chi connectivity index (χ4v) is 2.76. The first kappa shape index (κ1) is 23.6. The van der Waals surface area contributed by atoms with E-state index in [2.05, 4.69) is 0 Å². The van der Waals surface area contributed by atoms with Gasteiger partial charge in [0.15, 0.2) is 6.29 Å². The van der Waals surface area contributed by atoms with Crippen LogP contribution < -0.4 is 0 Å². The highest BCUT2D eigenvalue weighted by Crippen LogP contribution is 2.30. The van der Waals surface area contributed by atoms with Crippen molar-refractivity contribution in [1.82, 2.24) is 0 Å². The number of ether oxygens (including phenoxy) is 2. The van der Waals surface area contributed by atoms with Crippen LogP contribution >= 0.6 is 0 Å².